The van der Waals surface area contributed by atoms with E-state index in [0.29, 0.717) is 0 Å². The van der Waals surface area contributed by atoms with E-state index < -0.39 is 0 Å². The molecule has 0 aliphatic heterocycles. The molecule has 0 aliphatic rings. The third kappa shape index (κ3) is 9.78. The van der Waals surface area contributed by atoms with Gasteiger partial charge in [0, 0.05) is 38.4 Å². The molecule has 0 bridgehead atoms. The molecule has 0 saturated heterocycles. The summed E-state index contributed by atoms with van der Waals surface area (Å²) >= 11 is 3.87. The molecule has 3 nitrogen and oxygen atoms in total. The van der Waals surface area contributed by atoms with E-state index in [9.17, 15) is 0 Å². The Balaban J connectivity index is 1.53. The van der Waals surface area contributed by atoms with Crippen molar-refractivity contribution < 1.29 is 0 Å². The standard InChI is InChI=1S/C36H49N3S2/c1-4-7-10-13-16-31-18-20-33(40-31)29-22-24-37-35(27-29)39(26-15-12-9-6-3)36-28-30(23-25-38-36)34-21-19-32(41-34)17-14-11-8-5-2/h18-25,27-28H,4-17,26H2,1-3H3. The Morgan fingerprint density at radius 2 is 1.00 bits per heavy atom. The van der Waals surface area contributed by atoms with E-state index in [1.54, 1.807) is 0 Å². The van der Waals surface area contributed by atoms with Crippen LogP contribution in [0, 0.1) is 0 Å². The van der Waals surface area contributed by atoms with Crippen LogP contribution in [0.25, 0.3) is 20.9 Å². The second-order valence-electron chi connectivity index (χ2n) is 11.2. The maximum absolute atomic E-state index is 4.87. The number of pyridine rings is 2. The first-order chi connectivity index (χ1) is 20.2. The van der Waals surface area contributed by atoms with Crippen molar-refractivity contribution in [1.29, 1.82) is 0 Å². The SMILES string of the molecule is CCCCCCc1ccc(-c2ccnc(N(CCCCCC)c3cc(-c4ccc(CCCCCC)s4)ccn3)c2)s1. The summed E-state index contributed by atoms with van der Waals surface area (Å²) in [5, 5.41) is 0. The Kier molecular flexibility index (Phi) is 13.4. The lowest BCUT2D eigenvalue weighted by Gasteiger charge is -2.23. The van der Waals surface area contributed by atoms with Crippen LogP contribution >= 0.6 is 22.7 Å². The molecule has 41 heavy (non-hydrogen) atoms. The van der Waals surface area contributed by atoms with E-state index >= 15 is 0 Å². The van der Waals surface area contributed by atoms with Crippen molar-refractivity contribution in [3.8, 4) is 20.9 Å². The lowest BCUT2D eigenvalue weighted by molar-refractivity contribution is 0.664. The molecular weight excluding hydrogens is 539 g/mol. The average Bonchev–Trinajstić information content (AvgIpc) is 3.68. The molecule has 0 aromatic carbocycles. The normalized spacial score (nSPS) is 11.3. The van der Waals surface area contributed by atoms with Gasteiger partial charge < -0.3 is 4.90 Å². The van der Waals surface area contributed by atoms with Gasteiger partial charge in [0.2, 0.25) is 0 Å². The number of hydrogen-bond acceptors (Lipinski definition) is 5. The maximum atomic E-state index is 4.87. The third-order valence-corrected chi connectivity index (χ3v) is 10.1. The van der Waals surface area contributed by atoms with Gasteiger partial charge in [-0.15, -0.1) is 22.7 Å². The summed E-state index contributed by atoms with van der Waals surface area (Å²) in [6.45, 7) is 7.74. The highest BCUT2D eigenvalue weighted by Crippen LogP contribution is 2.35. The fourth-order valence-corrected chi connectivity index (χ4v) is 7.36. The smallest absolute Gasteiger partial charge is 0.134 e. The zero-order valence-electron chi connectivity index (χ0n) is 25.5. The van der Waals surface area contributed by atoms with E-state index in [4.69, 9.17) is 9.97 Å². The van der Waals surface area contributed by atoms with Gasteiger partial charge in [-0.05, 0) is 91.8 Å². The van der Waals surface area contributed by atoms with Gasteiger partial charge in [-0.3, -0.25) is 0 Å². The number of aromatic nitrogens is 2. The van der Waals surface area contributed by atoms with Crippen LogP contribution in [0.15, 0.2) is 60.9 Å². The second-order valence-corrected chi connectivity index (χ2v) is 13.5. The molecule has 0 amide bonds. The van der Waals surface area contributed by atoms with Gasteiger partial charge in [0.05, 0.1) is 0 Å². The van der Waals surface area contributed by atoms with Crippen molar-refractivity contribution in [3.05, 3.63) is 70.7 Å². The topological polar surface area (TPSA) is 29.0 Å². The molecule has 0 fully saturated rings. The molecule has 0 atom stereocenters. The van der Waals surface area contributed by atoms with Crippen LogP contribution in [0.1, 0.15) is 108 Å². The lowest BCUT2D eigenvalue weighted by Crippen LogP contribution is -2.20. The zero-order chi connectivity index (χ0) is 28.7. The van der Waals surface area contributed by atoms with Gasteiger partial charge in [0.25, 0.3) is 0 Å². The van der Waals surface area contributed by atoms with Crippen molar-refractivity contribution in [2.75, 3.05) is 11.4 Å². The predicted molar refractivity (Wildman–Crippen MR) is 182 cm³/mol. The molecule has 5 heteroatoms. The monoisotopic (exact) mass is 587 g/mol. The fraction of sp³-hybridized carbons (Fsp3) is 0.500. The summed E-state index contributed by atoms with van der Waals surface area (Å²) in [7, 11) is 0. The minimum Gasteiger partial charge on any atom is -0.311 e. The van der Waals surface area contributed by atoms with Gasteiger partial charge >= 0.3 is 0 Å². The second kappa shape index (κ2) is 17.5. The number of unbranched alkanes of at least 4 members (excludes halogenated alkanes) is 9. The summed E-state index contributed by atoms with van der Waals surface area (Å²) in [5.74, 6) is 1.98. The fourth-order valence-electron chi connectivity index (χ4n) is 5.27. The minimum atomic E-state index is 0.924. The lowest BCUT2D eigenvalue weighted by atomic mass is 10.1. The summed E-state index contributed by atoms with van der Waals surface area (Å²) in [6.07, 6.45) is 21.6. The van der Waals surface area contributed by atoms with E-state index in [1.165, 1.54) is 114 Å². The molecule has 220 valence electrons. The molecule has 4 rings (SSSR count). The van der Waals surface area contributed by atoms with E-state index in [2.05, 4.69) is 74.2 Å². The highest BCUT2D eigenvalue weighted by atomic mass is 32.1. The zero-order valence-corrected chi connectivity index (χ0v) is 27.2. The molecule has 0 radical (unpaired) electrons. The largest absolute Gasteiger partial charge is 0.311 e. The van der Waals surface area contributed by atoms with Crippen molar-refractivity contribution in [1.82, 2.24) is 9.97 Å². The summed E-state index contributed by atoms with van der Waals surface area (Å²) in [6, 6.07) is 18.1. The molecule has 0 N–H and O–H groups in total. The van der Waals surface area contributed by atoms with E-state index in [0.717, 1.165) is 24.6 Å². The van der Waals surface area contributed by atoms with E-state index in [-0.39, 0.29) is 0 Å². The number of rotatable bonds is 19. The number of thiophene rings is 2. The van der Waals surface area contributed by atoms with Gasteiger partial charge in [0.15, 0.2) is 0 Å². The molecule has 0 spiro atoms. The molecular formula is C36H49N3S2. The number of aryl methyl sites for hydroxylation is 2. The summed E-state index contributed by atoms with van der Waals surface area (Å²) in [4.78, 5) is 17.7. The Morgan fingerprint density at radius 3 is 1.46 bits per heavy atom. The summed E-state index contributed by atoms with van der Waals surface area (Å²) < 4.78 is 0. The van der Waals surface area contributed by atoms with Gasteiger partial charge in [0.1, 0.15) is 11.6 Å². The Morgan fingerprint density at radius 1 is 0.537 bits per heavy atom. The Hall–Kier alpha value is -2.50. The van der Waals surface area contributed by atoms with Crippen LogP contribution in [-0.2, 0) is 12.8 Å². The molecule has 0 aliphatic carbocycles. The first kappa shape index (κ1) is 31.4. The average molecular weight is 588 g/mol. The quantitative estimate of drug-likeness (QED) is 0.102. The van der Waals surface area contributed by atoms with Gasteiger partial charge in [-0.2, -0.15) is 0 Å². The van der Waals surface area contributed by atoms with E-state index in [1.807, 2.05) is 35.1 Å². The molecule has 4 aromatic heterocycles. The molecule has 4 aromatic rings. The minimum absolute atomic E-state index is 0.924. The maximum Gasteiger partial charge on any atom is 0.134 e. The predicted octanol–water partition coefficient (Wildman–Crippen LogP) is 11.9. The number of nitrogens with zero attached hydrogens (tertiary/aromatic N) is 3. The van der Waals surface area contributed by atoms with Gasteiger partial charge in [-0.25, -0.2) is 9.97 Å². The summed E-state index contributed by atoms with van der Waals surface area (Å²) in [5.41, 5.74) is 2.50. The van der Waals surface area contributed by atoms with Crippen LogP contribution in [-0.4, -0.2) is 16.5 Å². The number of anilines is 2. The first-order valence-electron chi connectivity index (χ1n) is 16.1. The van der Waals surface area contributed by atoms with Crippen molar-refractivity contribution >= 4 is 34.3 Å². The van der Waals surface area contributed by atoms with Crippen LogP contribution in [0.3, 0.4) is 0 Å². The Labute approximate surface area is 257 Å². The highest BCUT2D eigenvalue weighted by Gasteiger charge is 2.15. The van der Waals surface area contributed by atoms with Crippen molar-refractivity contribution in [2.24, 2.45) is 0 Å². The van der Waals surface area contributed by atoms with Crippen LogP contribution < -0.4 is 4.90 Å². The van der Waals surface area contributed by atoms with Crippen LogP contribution in [0.2, 0.25) is 0 Å². The number of hydrogen-bond donors (Lipinski definition) is 0. The Bertz CT molecular complexity index is 1200. The van der Waals surface area contributed by atoms with Crippen LogP contribution in [0.4, 0.5) is 11.6 Å². The van der Waals surface area contributed by atoms with Crippen molar-refractivity contribution in [3.63, 3.8) is 0 Å². The third-order valence-electron chi connectivity index (χ3n) is 7.73. The first-order valence-corrected chi connectivity index (χ1v) is 17.7. The van der Waals surface area contributed by atoms with Crippen molar-refractivity contribution in [2.45, 2.75) is 111 Å². The van der Waals surface area contributed by atoms with Crippen LogP contribution in [0.5, 0.6) is 0 Å². The molecule has 0 unspecified atom stereocenters. The van der Waals surface area contributed by atoms with Gasteiger partial charge in [-0.1, -0.05) is 78.6 Å². The highest BCUT2D eigenvalue weighted by molar-refractivity contribution is 7.15. The molecule has 4 heterocycles. The molecule has 0 saturated carbocycles.